The molecule has 0 atom stereocenters. The second-order valence-corrected chi connectivity index (χ2v) is 5.10. The highest BCUT2D eigenvalue weighted by molar-refractivity contribution is 6.05. The number of rotatable bonds is 4. The van der Waals surface area contributed by atoms with Crippen molar-refractivity contribution in [2.24, 2.45) is 0 Å². The van der Waals surface area contributed by atoms with Gasteiger partial charge in [-0.05, 0) is 18.2 Å². The Balaban J connectivity index is 1.84. The molecular weight excluding hydrogens is 332 g/mol. The summed E-state index contributed by atoms with van der Waals surface area (Å²) in [6, 6.07) is 6.62. The molecule has 0 fully saturated rings. The summed E-state index contributed by atoms with van der Waals surface area (Å²) in [5, 5.41) is 22.9. The topological polar surface area (TPSA) is 135 Å². The smallest absolute Gasteiger partial charge is 0.271 e. The molecule has 0 bridgehead atoms. The molecule has 2 heterocycles. The van der Waals surface area contributed by atoms with Gasteiger partial charge in [0.15, 0.2) is 18.2 Å². The van der Waals surface area contributed by atoms with Crippen molar-refractivity contribution >= 4 is 29.0 Å². The number of nitrogens with zero attached hydrogens (tertiary/aromatic N) is 3. The molecule has 128 valence electrons. The number of non-ortho nitro benzene ring substituents is 1. The van der Waals surface area contributed by atoms with Crippen LogP contribution in [0.1, 0.15) is 0 Å². The van der Waals surface area contributed by atoms with Gasteiger partial charge in [0.05, 0.1) is 10.6 Å². The van der Waals surface area contributed by atoms with Crippen LogP contribution in [0.15, 0.2) is 36.5 Å². The fourth-order valence-electron chi connectivity index (χ4n) is 2.29. The predicted molar refractivity (Wildman–Crippen MR) is 85.5 cm³/mol. The van der Waals surface area contributed by atoms with E-state index in [9.17, 15) is 24.8 Å². The van der Waals surface area contributed by atoms with Crippen molar-refractivity contribution in [1.29, 1.82) is 0 Å². The van der Waals surface area contributed by atoms with Crippen molar-refractivity contribution in [3.8, 4) is 11.5 Å². The van der Waals surface area contributed by atoms with Gasteiger partial charge in [-0.1, -0.05) is 0 Å². The molecular formula is C15H12N4O6. The van der Waals surface area contributed by atoms with Crippen LogP contribution in [-0.4, -0.2) is 40.0 Å². The zero-order valence-corrected chi connectivity index (χ0v) is 12.7. The number of fused-ring (bicyclic) bond motifs is 1. The maximum Gasteiger partial charge on any atom is 0.271 e. The summed E-state index contributed by atoms with van der Waals surface area (Å²) >= 11 is 0. The van der Waals surface area contributed by atoms with E-state index in [1.54, 1.807) is 0 Å². The zero-order valence-electron chi connectivity index (χ0n) is 12.7. The Morgan fingerprint density at radius 3 is 2.96 bits per heavy atom. The second-order valence-electron chi connectivity index (χ2n) is 5.10. The van der Waals surface area contributed by atoms with E-state index >= 15 is 0 Å². The van der Waals surface area contributed by atoms with Gasteiger partial charge in [-0.3, -0.25) is 24.6 Å². The summed E-state index contributed by atoms with van der Waals surface area (Å²) in [6.07, 6.45) is 1.38. The van der Waals surface area contributed by atoms with Crippen LogP contribution in [0.2, 0.25) is 0 Å². The Bertz CT molecular complexity index is 869. The van der Waals surface area contributed by atoms with E-state index in [4.69, 9.17) is 4.74 Å². The highest BCUT2D eigenvalue weighted by atomic mass is 16.6. The highest BCUT2D eigenvalue weighted by Crippen LogP contribution is 2.35. The number of benzene rings is 1. The maximum absolute atomic E-state index is 12.2. The Morgan fingerprint density at radius 2 is 2.24 bits per heavy atom. The minimum atomic E-state index is -0.623. The second kappa shape index (κ2) is 6.43. The summed E-state index contributed by atoms with van der Waals surface area (Å²) in [4.78, 5) is 39.5. The van der Waals surface area contributed by atoms with Crippen molar-refractivity contribution in [3.05, 3.63) is 46.6 Å². The van der Waals surface area contributed by atoms with Crippen LogP contribution in [0.4, 0.5) is 17.2 Å². The Kier molecular flexibility index (Phi) is 4.16. The molecule has 2 N–H and O–H groups in total. The van der Waals surface area contributed by atoms with Crippen LogP contribution in [0, 0.1) is 10.1 Å². The quantitative estimate of drug-likeness (QED) is 0.625. The number of anilines is 2. The fourth-order valence-corrected chi connectivity index (χ4v) is 2.29. The van der Waals surface area contributed by atoms with Gasteiger partial charge in [0, 0.05) is 18.3 Å². The molecule has 10 nitrogen and oxygen atoms in total. The summed E-state index contributed by atoms with van der Waals surface area (Å²) in [7, 11) is 0. The predicted octanol–water partition coefficient (Wildman–Crippen LogP) is 1.06. The molecule has 0 saturated carbocycles. The summed E-state index contributed by atoms with van der Waals surface area (Å²) in [6.45, 7) is -0.695. The number of hydrogen-bond acceptors (Lipinski definition) is 7. The van der Waals surface area contributed by atoms with E-state index in [1.165, 1.54) is 30.5 Å². The van der Waals surface area contributed by atoms with Crippen LogP contribution >= 0.6 is 0 Å². The first-order chi connectivity index (χ1) is 12.0. The van der Waals surface area contributed by atoms with Gasteiger partial charge in [-0.25, -0.2) is 4.98 Å². The number of aromatic nitrogens is 1. The lowest BCUT2D eigenvalue weighted by Crippen LogP contribution is -2.43. The molecule has 10 heteroatoms. The molecule has 2 aromatic rings. The first-order valence-electron chi connectivity index (χ1n) is 7.11. The fraction of sp³-hybridized carbons (Fsp3) is 0.133. The third kappa shape index (κ3) is 3.32. The first kappa shape index (κ1) is 16.2. The molecule has 0 saturated heterocycles. The molecule has 0 aliphatic carbocycles. The van der Waals surface area contributed by atoms with Crippen molar-refractivity contribution in [1.82, 2.24) is 4.98 Å². The lowest BCUT2D eigenvalue weighted by atomic mass is 10.2. The molecule has 0 spiro atoms. The first-order valence-corrected chi connectivity index (χ1v) is 7.11. The standard InChI is InChI=1S/C15H12N4O6/c20-11-2-1-5-16-15(11)17-13(21)7-18-10-6-9(19(23)24)3-4-12(10)25-8-14(18)22/h1-6,20H,7-8H2,(H,16,17,21). The van der Waals surface area contributed by atoms with E-state index in [2.05, 4.69) is 10.3 Å². The number of nitro benzene ring substituents is 1. The van der Waals surface area contributed by atoms with Crippen LogP contribution < -0.4 is 15.0 Å². The number of ether oxygens (including phenoxy) is 1. The number of nitrogens with one attached hydrogen (secondary N) is 1. The van der Waals surface area contributed by atoms with E-state index in [1.807, 2.05) is 0 Å². The van der Waals surface area contributed by atoms with Crippen molar-refractivity contribution < 1.29 is 24.4 Å². The van der Waals surface area contributed by atoms with Crippen molar-refractivity contribution in [3.63, 3.8) is 0 Å². The Morgan fingerprint density at radius 1 is 1.44 bits per heavy atom. The van der Waals surface area contributed by atoms with E-state index in [0.29, 0.717) is 0 Å². The molecule has 0 radical (unpaired) electrons. The van der Waals surface area contributed by atoms with Gasteiger partial charge in [0.1, 0.15) is 12.3 Å². The van der Waals surface area contributed by atoms with Gasteiger partial charge in [0.2, 0.25) is 5.91 Å². The number of hydrogen-bond donors (Lipinski definition) is 2. The number of pyridine rings is 1. The Labute approximate surface area is 140 Å². The third-order valence-corrected chi connectivity index (χ3v) is 3.44. The average Bonchev–Trinajstić information content (AvgIpc) is 2.59. The lowest BCUT2D eigenvalue weighted by molar-refractivity contribution is -0.384. The van der Waals surface area contributed by atoms with Crippen LogP contribution in [0.3, 0.4) is 0 Å². The minimum Gasteiger partial charge on any atom is -0.504 e. The van der Waals surface area contributed by atoms with Crippen LogP contribution in [0.25, 0.3) is 0 Å². The van der Waals surface area contributed by atoms with Gasteiger partial charge < -0.3 is 15.2 Å². The SMILES string of the molecule is O=C(CN1C(=O)COc2ccc([N+](=O)[O-])cc21)Nc1ncccc1O. The molecule has 1 aromatic carbocycles. The molecule has 25 heavy (non-hydrogen) atoms. The normalized spacial score (nSPS) is 13.0. The van der Waals surface area contributed by atoms with E-state index in [0.717, 1.165) is 11.0 Å². The number of aromatic hydroxyl groups is 1. The molecule has 1 aliphatic heterocycles. The van der Waals surface area contributed by atoms with Gasteiger partial charge in [-0.15, -0.1) is 0 Å². The largest absolute Gasteiger partial charge is 0.504 e. The van der Waals surface area contributed by atoms with E-state index < -0.39 is 23.3 Å². The molecule has 0 unspecified atom stereocenters. The van der Waals surface area contributed by atoms with Crippen LogP contribution in [0.5, 0.6) is 11.5 Å². The van der Waals surface area contributed by atoms with Crippen molar-refractivity contribution in [2.45, 2.75) is 0 Å². The monoisotopic (exact) mass is 344 g/mol. The Hall–Kier alpha value is -3.69. The molecule has 1 aliphatic rings. The summed E-state index contributed by atoms with van der Waals surface area (Å²) < 4.78 is 5.22. The molecule has 2 amide bonds. The number of amides is 2. The summed E-state index contributed by atoms with van der Waals surface area (Å²) in [5.41, 5.74) is -0.101. The van der Waals surface area contributed by atoms with Gasteiger partial charge in [-0.2, -0.15) is 0 Å². The lowest BCUT2D eigenvalue weighted by Gasteiger charge is -2.28. The average molecular weight is 344 g/mol. The molecule has 3 rings (SSSR count). The summed E-state index contributed by atoms with van der Waals surface area (Å²) in [5.74, 6) is -1.15. The van der Waals surface area contributed by atoms with Gasteiger partial charge >= 0.3 is 0 Å². The van der Waals surface area contributed by atoms with Crippen molar-refractivity contribution in [2.75, 3.05) is 23.4 Å². The number of nitro groups is 1. The number of carbonyl (C=O) groups excluding carboxylic acids is 2. The van der Waals surface area contributed by atoms with E-state index in [-0.39, 0.29) is 35.3 Å². The third-order valence-electron chi connectivity index (χ3n) is 3.44. The minimum absolute atomic E-state index is 0.0486. The zero-order chi connectivity index (χ0) is 18.0. The highest BCUT2D eigenvalue weighted by Gasteiger charge is 2.29. The number of carbonyl (C=O) groups is 2. The maximum atomic E-state index is 12.2. The van der Waals surface area contributed by atoms with Gasteiger partial charge in [0.25, 0.3) is 11.6 Å². The van der Waals surface area contributed by atoms with Crippen LogP contribution in [-0.2, 0) is 9.59 Å². The molecule has 1 aromatic heterocycles.